The Labute approximate surface area is 151 Å². The monoisotopic (exact) mass is 367 g/mol. The normalized spacial score (nSPS) is 10.9. The van der Waals surface area contributed by atoms with E-state index in [0.717, 1.165) is 34.3 Å². The molecule has 0 radical (unpaired) electrons. The molecule has 0 aliphatic rings. The van der Waals surface area contributed by atoms with Crippen LogP contribution in [-0.4, -0.2) is 34.9 Å². The first-order valence-electron chi connectivity index (χ1n) is 7.64. The lowest BCUT2D eigenvalue weighted by atomic mass is 10.2. The Morgan fingerprint density at radius 3 is 2.83 bits per heavy atom. The molecule has 1 amide bonds. The van der Waals surface area contributed by atoms with Crippen LogP contribution in [0.4, 0.5) is 5.69 Å². The van der Waals surface area contributed by atoms with Crippen LogP contribution in [0, 0.1) is 20.8 Å². The van der Waals surface area contributed by atoms with Gasteiger partial charge in [0, 0.05) is 30.1 Å². The first kappa shape index (κ1) is 18.8. The number of aryl methyl sites for hydroxylation is 2. The molecule has 0 aliphatic carbocycles. The van der Waals surface area contributed by atoms with Gasteiger partial charge in [0.25, 0.3) is 0 Å². The van der Waals surface area contributed by atoms with Crippen LogP contribution < -0.4 is 5.32 Å². The van der Waals surface area contributed by atoms with Crippen molar-refractivity contribution in [3.05, 3.63) is 40.2 Å². The number of amides is 1. The molecule has 0 unspecified atom stereocenters. The molecule has 1 heterocycles. The van der Waals surface area contributed by atoms with E-state index in [1.165, 1.54) is 11.8 Å². The molecule has 2 aromatic rings. The second kappa shape index (κ2) is 8.55. The van der Waals surface area contributed by atoms with E-state index in [1.54, 1.807) is 19.2 Å². The fourth-order valence-electron chi connectivity index (χ4n) is 2.22. The van der Waals surface area contributed by atoms with Gasteiger partial charge in [-0.05, 0) is 38.5 Å². The van der Waals surface area contributed by atoms with Crippen molar-refractivity contribution in [2.24, 2.45) is 0 Å². The number of benzene rings is 1. The van der Waals surface area contributed by atoms with Crippen LogP contribution in [0.1, 0.15) is 17.0 Å². The van der Waals surface area contributed by atoms with Gasteiger partial charge in [-0.3, -0.25) is 4.79 Å². The fraction of sp³-hybridized carbons (Fsp3) is 0.412. The molecule has 0 spiro atoms. The van der Waals surface area contributed by atoms with E-state index >= 15 is 0 Å². The zero-order valence-electron chi connectivity index (χ0n) is 14.4. The van der Waals surface area contributed by atoms with Gasteiger partial charge in [-0.1, -0.05) is 29.4 Å². The molecule has 130 valence electrons. The smallest absolute Gasteiger partial charge is 0.234 e. The Morgan fingerprint density at radius 1 is 1.38 bits per heavy atom. The highest BCUT2D eigenvalue weighted by molar-refractivity contribution is 7.99. The zero-order chi connectivity index (χ0) is 17.7. The molecule has 1 aromatic carbocycles. The lowest BCUT2D eigenvalue weighted by Crippen LogP contribution is -2.16. The van der Waals surface area contributed by atoms with E-state index in [-0.39, 0.29) is 11.7 Å². The van der Waals surface area contributed by atoms with Crippen molar-refractivity contribution in [2.45, 2.75) is 32.5 Å². The van der Waals surface area contributed by atoms with E-state index in [9.17, 15) is 4.79 Å². The Kier molecular flexibility index (Phi) is 6.71. The molecule has 0 atom stereocenters. The quantitative estimate of drug-likeness (QED) is 0.755. The first-order valence-corrected chi connectivity index (χ1v) is 9.00. The van der Waals surface area contributed by atoms with Crippen LogP contribution >= 0.6 is 23.4 Å². The van der Waals surface area contributed by atoms with Gasteiger partial charge in [-0.2, -0.15) is 0 Å². The molecule has 24 heavy (non-hydrogen) atoms. The fourth-order valence-corrected chi connectivity index (χ4v) is 3.31. The van der Waals surface area contributed by atoms with Crippen molar-refractivity contribution in [3.8, 4) is 0 Å². The Bertz CT molecular complexity index is 731. The number of anilines is 1. The van der Waals surface area contributed by atoms with E-state index < -0.39 is 0 Å². The number of aromatic nitrogens is 2. The maximum atomic E-state index is 12.2. The van der Waals surface area contributed by atoms with E-state index in [0.29, 0.717) is 11.6 Å². The number of hydrogen-bond donors (Lipinski definition) is 1. The molecule has 0 aliphatic heterocycles. The van der Waals surface area contributed by atoms with Crippen LogP contribution in [0.25, 0.3) is 0 Å². The molecular formula is C17H22ClN3O2S. The van der Waals surface area contributed by atoms with Crippen molar-refractivity contribution < 1.29 is 9.53 Å². The number of halogens is 1. The number of nitrogens with one attached hydrogen (secondary N) is 1. The molecular weight excluding hydrogens is 346 g/mol. The van der Waals surface area contributed by atoms with Gasteiger partial charge in [0.15, 0.2) is 5.16 Å². The summed E-state index contributed by atoms with van der Waals surface area (Å²) < 4.78 is 7.23. The maximum Gasteiger partial charge on any atom is 0.234 e. The van der Waals surface area contributed by atoms with Gasteiger partial charge in [0.05, 0.1) is 18.1 Å². The molecule has 0 bridgehead atoms. The summed E-state index contributed by atoms with van der Waals surface area (Å²) in [6, 6.07) is 5.45. The van der Waals surface area contributed by atoms with Gasteiger partial charge in [0.1, 0.15) is 0 Å². The predicted octanol–water partition coefficient (Wildman–Crippen LogP) is 3.84. The number of carbonyl (C=O) groups excluding carboxylic acids is 1. The van der Waals surface area contributed by atoms with Gasteiger partial charge in [-0.15, -0.1) is 0 Å². The summed E-state index contributed by atoms with van der Waals surface area (Å²) in [6.07, 6.45) is 0. The Hall–Kier alpha value is -1.50. The second-order valence-corrected chi connectivity index (χ2v) is 6.88. The highest BCUT2D eigenvalue weighted by Gasteiger charge is 2.14. The number of methoxy groups -OCH3 is 1. The lowest BCUT2D eigenvalue weighted by molar-refractivity contribution is -0.113. The summed E-state index contributed by atoms with van der Waals surface area (Å²) in [5.74, 6) is 0.205. The molecule has 0 fully saturated rings. The second-order valence-electron chi connectivity index (χ2n) is 5.51. The van der Waals surface area contributed by atoms with Crippen molar-refractivity contribution >= 4 is 35.0 Å². The van der Waals surface area contributed by atoms with Crippen molar-refractivity contribution in [1.82, 2.24) is 9.55 Å². The van der Waals surface area contributed by atoms with Gasteiger partial charge in [-0.25, -0.2) is 4.98 Å². The van der Waals surface area contributed by atoms with Crippen LogP contribution in [0.2, 0.25) is 5.02 Å². The molecule has 1 N–H and O–H groups in total. The third-order valence-corrected chi connectivity index (χ3v) is 4.96. The highest BCUT2D eigenvalue weighted by atomic mass is 35.5. The number of imidazole rings is 1. The summed E-state index contributed by atoms with van der Waals surface area (Å²) in [6.45, 7) is 7.26. The molecule has 2 rings (SSSR count). The minimum Gasteiger partial charge on any atom is -0.383 e. The number of nitrogens with zero attached hydrogens (tertiary/aromatic N) is 2. The van der Waals surface area contributed by atoms with E-state index in [4.69, 9.17) is 16.3 Å². The minimum absolute atomic E-state index is 0.0815. The van der Waals surface area contributed by atoms with Gasteiger partial charge < -0.3 is 14.6 Å². The van der Waals surface area contributed by atoms with Crippen molar-refractivity contribution in [1.29, 1.82) is 0 Å². The molecule has 5 nitrogen and oxygen atoms in total. The SMILES string of the molecule is COCCn1c(SCC(=O)Nc2cc(Cl)ccc2C)nc(C)c1C. The third-order valence-electron chi connectivity index (χ3n) is 3.75. The summed E-state index contributed by atoms with van der Waals surface area (Å²) in [4.78, 5) is 16.8. The topological polar surface area (TPSA) is 56.1 Å². The van der Waals surface area contributed by atoms with E-state index in [1.807, 2.05) is 26.8 Å². The Morgan fingerprint density at radius 2 is 2.12 bits per heavy atom. The minimum atomic E-state index is -0.0815. The summed E-state index contributed by atoms with van der Waals surface area (Å²) in [7, 11) is 1.67. The highest BCUT2D eigenvalue weighted by Crippen LogP contribution is 2.23. The number of carbonyl (C=O) groups is 1. The largest absolute Gasteiger partial charge is 0.383 e. The third kappa shape index (κ3) is 4.75. The maximum absolute atomic E-state index is 12.2. The number of hydrogen-bond acceptors (Lipinski definition) is 4. The van der Waals surface area contributed by atoms with Crippen LogP contribution in [0.3, 0.4) is 0 Å². The average Bonchev–Trinajstić information content (AvgIpc) is 2.81. The van der Waals surface area contributed by atoms with Crippen LogP contribution in [0.5, 0.6) is 0 Å². The molecule has 0 saturated heterocycles. The van der Waals surface area contributed by atoms with Gasteiger partial charge >= 0.3 is 0 Å². The molecule has 0 saturated carbocycles. The number of ether oxygens (including phenoxy) is 1. The summed E-state index contributed by atoms with van der Waals surface area (Å²) in [5.41, 5.74) is 3.79. The first-order chi connectivity index (χ1) is 11.4. The lowest BCUT2D eigenvalue weighted by Gasteiger charge is -2.10. The summed E-state index contributed by atoms with van der Waals surface area (Å²) in [5, 5.41) is 4.33. The van der Waals surface area contributed by atoms with Crippen molar-refractivity contribution in [3.63, 3.8) is 0 Å². The predicted molar refractivity (Wildman–Crippen MR) is 99.1 cm³/mol. The number of rotatable bonds is 7. The molecule has 1 aromatic heterocycles. The van der Waals surface area contributed by atoms with Crippen molar-refractivity contribution in [2.75, 3.05) is 24.8 Å². The van der Waals surface area contributed by atoms with Crippen LogP contribution in [-0.2, 0) is 16.1 Å². The molecule has 7 heteroatoms. The standard InChI is InChI=1S/C17H22ClN3O2S/c1-11-5-6-14(18)9-15(11)20-16(22)10-24-17-19-12(2)13(3)21(17)7-8-23-4/h5-6,9H,7-8,10H2,1-4H3,(H,20,22). The summed E-state index contributed by atoms with van der Waals surface area (Å²) >= 11 is 7.40. The number of thioether (sulfide) groups is 1. The van der Waals surface area contributed by atoms with E-state index in [2.05, 4.69) is 14.9 Å². The van der Waals surface area contributed by atoms with Gasteiger partial charge in [0.2, 0.25) is 5.91 Å². The Balaban J connectivity index is 2.01. The zero-order valence-corrected chi connectivity index (χ0v) is 15.9. The van der Waals surface area contributed by atoms with Crippen LogP contribution in [0.15, 0.2) is 23.4 Å². The average molecular weight is 368 g/mol.